The van der Waals surface area contributed by atoms with Crippen LogP contribution in [0.3, 0.4) is 0 Å². The van der Waals surface area contributed by atoms with Crippen molar-refractivity contribution in [1.82, 2.24) is 25.2 Å². The predicted octanol–water partition coefficient (Wildman–Crippen LogP) is 0.942. The van der Waals surface area contributed by atoms with Crippen LogP contribution < -0.4 is 0 Å². The number of nitrogens with zero attached hydrogens (tertiary/aromatic N) is 3. The van der Waals surface area contributed by atoms with Gasteiger partial charge in [0.2, 0.25) is 0 Å². The summed E-state index contributed by atoms with van der Waals surface area (Å²) in [6, 6.07) is 0. The van der Waals surface area contributed by atoms with Gasteiger partial charge >= 0.3 is 0 Å². The Morgan fingerprint density at radius 1 is 1.50 bits per heavy atom. The summed E-state index contributed by atoms with van der Waals surface area (Å²) in [7, 11) is 0. The maximum Gasteiger partial charge on any atom is 0.108 e. The molecule has 14 heavy (non-hydrogen) atoms. The molecule has 0 fully saturated rings. The van der Waals surface area contributed by atoms with Gasteiger partial charge < -0.3 is 10.2 Å². The van der Waals surface area contributed by atoms with E-state index >= 15 is 0 Å². The number of hydrogen-bond acceptors (Lipinski definition) is 2. The molecule has 0 atom stereocenters. The van der Waals surface area contributed by atoms with Crippen LogP contribution in [0.25, 0.3) is 6.08 Å². The molecule has 2 aromatic heterocycles. The zero-order chi connectivity index (χ0) is 9.38. The highest BCUT2D eigenvalue weighted by Crippen LogP contribution is 2.16. The summed E-state index contributed by atoms with van der Waals surface area (Å²) in [6.07, 6.45) is 8.25. The minimum absolute atomic E-state index is 0.781. The van der Waals surface area contributed by atoms with Gasteiger partial charge in [0, 0.05) is 6.20 Å². The minimum Gasteiger partial charge on any atom is -0.306 e. The van der Waals surface area contributed by atoms with Crippen LogP contribution in [-0.4, -0.2) is 25.2 Å². The quantitative estimate of drug-likeness (QED) is 0.738. The molecule has 0 aliphatic heterocycles. The standard InChI is InChI=1S/C9H11N5/c1-2-4-9-8(3-1)12-13-14(9)6-7-5-10-11-7/h1,3,5,10-11H,2,4,6H2. The van der Waals surface area contributed by atoms with Crippen LogP contribution in [0.15, 0.2) is 12.3 Å². The highest BCUT2D eigenvalue weighted by Gasteiger charge is 2.13. The van der Waals surface area contributed by atoms with Crippen molar-refractivity contribution in [3.05, 3.63) is 29.4 Å². The molecular formula is C9H11N5. The molecule has 0 amide bonds. The Labute approximate surface area is 80.8 Å². The van der Waals surface area contributed by atoms with E-state index in [2.05, 4.69) is 26.6 Å². The molecular weight excluding hydrogens is 178 g/mol. The zero-order valence-corrected chi connectivity index (χ0v) is 7.70. The van der Waals surface area contributed by atoms with Crippen LogP contribution in [-0.2, 0) is 13.0 Å². The van der Waals surface area contributed by atoms with Gasteiger partial charge in [0.25, 0.3) is 0 Å². The molecule has 0 saturated heterocycles. The monoisotopic (exact) mass is 189 g/mol. The average molecular weight is 189 g/mol. The molecule has 2 aromatic rings. The van der Waals surface area contributed by atoms with Crippen molar-refractivity contribution in [1.29, 1.82) is 0 Å². The van der Waals surface area contributed by atoms with Crippen molar-refractivity contribution in [2.24, 2.45) is 0 Å². The smallest absolute Gasteiger partial charge is 0.108 e. The maximum atomic E-state index is 4.13. The van der Waals surface area contributed by atoms with E-state index in [-0.39, 0.29) is 0 Å². The van der Waals surface area contributed by atoms with E-state index in [9.17, 15) is 0 Å². The van der Waals surface area contributed by atoms with E-state index in [1.54, 1.807) is 0 Å². The van der Waals surface area contributed by atoms with E-state index in [0.717, 1.165) is 30.8 Å². The van der Waals surface area contributed by atoms with Crippen molar-refractivity contribution < 1.29 is 0 Å². The molecule has 0 bridgehead atoms. The summed E-state index contributed by atoms with van der Waals surface area (Å²) in [4.78, 5) is 0. The largest absolute Gasteiger partial charge is 0.306 e. The van der Waals surface area contributed by atoms with Gasteiger partial charge in [0.05, 0.1) is 17.9 Å². The molecule has 0 aromatic carbocycles. The van der Waals surface area contributed by atoms with Gasteiger partial charge in [-0.3, -0.25) is 0 Å². The van der Waals surface area contributed by atoms with Crippen LogP contribution in [0, 0.1) is 0 Å². The number of aromatic nitrogens is 5. The average Bonchev–Trinajstić information content (AvgIpc) is 2.55. The summed E-state index contributed by atoms with van der Waals surface area (Å²) in [5, 5.41) is 14.1. The van der Waals surface area contributed by atoms with Gasteiger partial charge in [-0.1, -0.05) is 11.3 Å². The molecule has 5 heteroatoms. The normalized spacial score (nSPS) is 14.6. The number of fused-ring (bicyclic) bond motifs is 1. The molecule has 0 unspecified atom stereocenters. The second kappa shape index (κ2) is 2.87. The van der Waals surface area contributed by atoms with Crippen LogP contribution in [0.2, 0.25) is 0 Å². The summed E-state index contributed by atoms with van der Waals surface area (Å²) < 4.78 is 1.96. The first-order valence-electron chi connectivity index (χ1n) is 4.73. The van der Waals surface area contributed by atoms with Crippen molar-refractivity contribution in [3.8, 4) is 0 Å². The van der Waals surface area contributed by atoms with Crippen molar-refractivity contribution in [2.75, 3.05) is 0 Å². The van der Waals surface area contributed by atoms with Crippen molar-refractivity contribution >= 4 is 6.08 Å². The number of allylic oxidation sites excluding steroid dienone is 1. The first kappa shape index (κ1) is 7.61. The van der Waals surface area contributed by atoms with Gasteiger partial charge in [-0.25, -0.2) is 4.68 Å². The Balaban J connectivity index is 1.93. The third kappa shape index (κ3) is 1.09. The highest BCUT2D eigenvalue weighted by molar-refractivity contribution is 5.49. The first-order valence-corrected chi connectivity index (χ1v) is 4.73. The lowest BCUT2D eigenvalue weighted by Gasteiger charge is -2.09. The second-order valence-electron chi connectivity index (χ2n) is 3.46. The van der Waals surface area contributed by atoms with Gasteiger partial charge in [-0.05, 0) is 18.9 Å². The third-order valence-corrected chi connectivity index (χ3v) is 2.49. The van der Waals surface area contributed by atoms with Crippen LogP contribution in [0.4, 0.5) is 0 Å². The molecule has 1 aliphatic rings. The molecule has 2 N–H and O–H groups in total. The van der Waals surface area contributed by atoms with Crippen LogP contribution >= 0.6 is 0 Å². The number of aromatic amines is 2. The van der Waals surface area contributed by atoms with Gasteiger partial charge in [0.1, 0.15) is 5.69 Å². The molecule has 3 rings (SSSR count). The maximum absolute atomic E-state index is 4.13. The molecule has 0 saturated carbocycles. The number of nitrogens with one attached hydrogen (secondary N) is 2. The molecule has 0 spiro atoms. The molecule has 2 heterocycles. The fraction of sp³-hybridized carbons (Fsp3) is 0.333. The first-order chi connectivity index (χ1) is 6.93. The Bertz CT molecular complexity index is 449. The van der Waals surface area contributed by atoms with E-state index in [4.69, 9.17) is 0 Å². The van der Waals surface area contributed by atoms with E-state index in [1.165, 1.54) is 5.69 Å². The van der Waals surface area contributed by atoms with E-state index in [1.807, 2.05) is 17.0 Å². The summed E-state index contributed by atoms with van der Waals surface area (Å²) >= 11 is 0. The minimum atomic E-state index is 0.781. The topological polar surface area (TPSA) is 62.3 Å². The summed E-state index contributed by atoms with van der Waals surface area (Å²) in [5.41, 5.74) is 3.40. The fourth-order valence-corrected chi connectivity index (χ4v) is 1.70. The zero-order valence-electron chi connectivity index (χ0n) is 7.70. The Hall–Kier alpha value is -1.78. The van der Waals surface area contributed by atoms with Gasteiger partial charge in [0.15, 0.2) is 0 Å². The number of hydrogen-bond donors (Lipinski definition) is 2. The third-order valence-electron chi connectivity index (χ3n) is 2.49. The molecule has 72 valence electrons. The van der Waals surface area contributed by atoms with Gasteiger partial charge in [-0.2, -0.15) is 0 Å². The Kier molecular flexibility index (Phi) is 1.56. The predicted molar refractivity (Wildman–Crippen MR) is 51.6 cm³/mol. The Morgan fingerprint density at radius 3 is 3.21 bits per heavy atom. The highest BCUT2D eigenvalue weighted by atomic mass is 15.4. The van der Waals surface area contributed by atoms with E-state index in [0.29, 0.717) is 0 Å². The van der Waals surface area contributed by atoms with Crippen LogP contribution in [0.1, 0.15) is 23.5 Å². The SMILES string of the molecule is C1=Cc2nnn(Cc3c[nH][nH]3)c2CC1. The summed E-state index contributed by atoms with van der Waals surface area (Å²) in [6.45, 7) is 0.781. The Morgan fingerprint density at radius 2 is 2.43 bits per heavy atom. The molecule has 5 nitrogen and oxygen atoms in total. The fourth-order valence-electron chi connectivity index (χ4n) is 1.70. The number of H-pyrrole nitrogens is 2. The van der Waals surface area contributed by atoms with Crippen molar-refractivity contribution in [2.45, 2.75) is 19.4 Å². The lowest BCUT2D eigenvalue weighted by atomic mass is 10.1. The molecule has 1 aliphatic carbocycles. The lowest BCUT2D eigenvalue weighted by molar-refractivity contribution is 0.590. The van der Waals surface area contributed by atoms with Crippen molar-refractivity contribution in [3.63, 3.8) is 0 Å². The molecule has 0 radical (unpaired) electrons. The van der Waals surface area contributed by atoms with E-state index < -0.39 is 0 Å². The van der Waals surface area contributed by atoms with Gasteiger partial charge in [-0.15, -0.1) is 5.10 Å². The number of rotatable bonds is 2. The van der Waals surface area contributed by atoms with Crippen LogP contribution in [0.5, 0.6) is 0 Å². The lowest BCUT2D eigenvalue weighted by Crippen LogP contribution is -2.11. The summed E-state index contributed by atoms with van der Waals surface area (Å²) in [5.74, 6) is 0. The second-order valence-corrected chi connectivity index (χ2v) is 3.46.